The molecule has 0 atom stereocenters. The molecule has 6 heteroatoms. The van der Waals surface area contributed by atoms with Crippen molar-refractivity contribution in [1.29, 1.82) is 0 Å². The first-order valence-electron chi connectivity index (χ1n) is 6.34. The van der Waals surface area contributed by atoms with Crippen LogP contribution in [0, 0.1) is 0 Å². The summed E-state index contributed by atoms with van der Waals surface area (Å²) < 4.78 is 6.89. The summed E-state index contributed by atoms with van der Waals surface area (Å²) >= 11 is 0. The van der Waals surface area contributed by atoms with Crippen LogP contribution in [0.15, 0.2) is 45.7 Å². The fraction of sp³-hybridized carbons (Fsp3) is 0.286. The van der Waals surface area contributed by atoms with E-state index in [0.717, 1.165) is 0 Å². The number of amides is 1. The fourth-order valence-corrected chi connectivity index (χ4v) is 1.71. The van der Waals surface area contributed by atoms with Crippen molar-refractivity contribution >= 4 is 5.91 Å². The first-order chi connectivity index (χ1) is 9.70. The van der Waals surface area contributed by atoms with Crippen molar-refractivity contribution in [2.24, 2.45) is 0 Å². The molecule has 0 unspecified atom stereocenters. The van der Waals surface area contributed by atoms with Crippen LogP contribution in [0.2, 0.25) is 0 Å². The number of aliphatic hydroxyl groups is 1. The van der Waals surface area contributed by atoms with Crippen LogP contribution in [0.3, 0.4) is 0 Å². The summed E-state index contributed by atoms with van der Waals surface area (Å²) in [5.74, 6) is 0.401. The third-order valence-corrected chi connectivity index (χ3v) is 2.73. The summed E-state index contributed by atoms with van der Waals surface area (Å²) in [4.78, 5) is 23.3. The second-order valence-electron chi connectivity index (χ2n) is 4.27. The molecule has 1 amide bonds. The van der Waals surface area contributed by atoms with E-state index in [-0.39, 0.29) is 30.4 Å². The molecule has 0 saturated heterocycles. The van der Waals surface area contributed by atoms with Crippen molar-refractivity contribution in [2.75, 3.05) is 13.2 Å². The van der Waals surface area contributed by atoms with Gasteiger partial charge in [0.1, 0.15) is 5.76 Å². The lowest BCUT2D eigenvalue weighted by Crippen LogP contribution is -2.24. The van der Waals surface area contributed by atoms with Gasteiger partial charge in [0.15, 0.2) is 5.76 Å². The lowest BCUT2D eigenvalue weighted by Gasteiger charge is -2.02. The number of aromatic nitrogens is 1. The van der Waals surface area contributed by atoms with Gasteiger partial charge in [-0.05, 0) is 24.6 Å². The molecule has 0 aromatic carbocycles. The number of carbonyl (C=O) groups excluding carboxylic acids is 1. The molecule has 2 heterocycles. The van der Waals surface area contributed by atoms with Gasteiger partial charge in [0.25, 0.3) is 11.5 Å². The summed E-state index contributed by atoms with van der Waals surface area (Å²) in [6.07, 6.45) is 2.16. The smallest absolute Gasteiger partial charge is 0.286 e. The highest BCUT2D eigenvalue weighted by Crippen LogP contribution is 2.08. The minimum absolute atomic E-state index is 0.0284. The Kier molecular flexibility index (Phi) is 4.73. The SMILES string of the molecule is O=C(NCCCO)c1ccc(Cn2ccccc2=O)o1. The summed E-state index contributed by atoms with van der Waals surface area (Å²) in [5.41, 5.74) is -0.127. The van der Waals surface area contributed by atoms with E-state index < -0.39 is 0 Å². The van der Waals surface area contributed by atoms with Gasteiger partial charge in [-0.15, -0.1) is 0 Å². The van der Waals surface area contributed by atoms with Gasteiger partial charge >= 0.3 is 0 Å². The van der Waals surface area contributed by atoms with Crippen LogP contribution in [0.5, 0.6) is 0 Å². The molecule has 0 saturated carbocycles. The van der Waals surface area contributed by atoms with Gasteiger partial charge in [0, 0.05) is 25.4 Å². The van der Waals surface area contributed by atoms with Crippen LogP contribution < -0.4 is 10.9 Å². The first-order valence-corrected chi connectivity index (χ1v) is 6.34. The van der Waals surface area contributed by atoms with Crippen LogP contribution in [0.1, 0.15) is 22.7 Å². The monoisotopic (exact) mass is 276 g/mol. The molecule has 2 aromatic heterocycles. The molecular weight excluding hydrogens is 260 g/mol. The van der Waals surface area contributed by atoms with Gasteiger partial charge < -0.3 is 19.4 Å². The molecule has 0 fully saturated rings. The van der Waals surface area contributed by atoms with Gasteiger partial charge in [0.05, 0.1) is 6.54 Å². The molecule has 0 aliphatic heterocycles. The predicted molar refractivity (Wildman–Crippen MR) is 72.5 cm³/mol. The van der Waals surface area contributed by atoms with Crippen molar-refractivity contribution in [3.05, 3.63) is 58.4 Å². The average Bonchev–Trinajstić information content (AvgIpc) is 2.90. The van der Waals surface area contributed by atoms with E-state index in [4.69, 9.17) is 9.52 Å². The zero-order valence-electron chi connectivity index (χ0n) is 10.9. The van der Waals surface area contributed by atoms with Crippen molar-refractivity contribution in [3.8, 4) is 0 Å². The minimum atomic E-state index is -0.329. The van der Waals surface area contributed by atoms with Crippen LogP contribution in [-0.4, -0.2) is 28.7 Å². The number of nitrogens with one attached hydrogen (secondary N) is 1. The topological polar surface area (TPSA) is 84.5 Å². The van der Waals surface area contributed by atoms with E-state index in [2.05, 4.69) is 5.32 Å². The number of pyridine rings is 1. The molecule has 0 aliphatic carbocycles. The van der Waals surface area contributed by atoms with Crippen LogP contribution in [0.4, 0.5) is 0 Å². The third kappa shape index (κ3) is 3.58. The van der Waals surface area contributed by atoms with Gasteiger partial charge in [0.2, 0.25) is 0 Å². The fourth-order valence-electron chi connectivity index (χ4n) is 1.71. The molecule has 2 N–H and O–H groups in total. The highest BCUT2D eigenvalue weighted by atomic mass is 16.4. The van der Waals surface area contributed by atoms with Crippen molar-refractivity contribution in [3.63, 3.8) is 0 Å². The Morgan fingerprint density at radius 2 is 2.15 bits per heavy atom. The molecule has 2 rings (SSSR count). The van der Waals surface area contributed by atoms with E-state index in [1.807, 2.05) is 0 Å². The maximum atomic E-state index is 11.7. The number of hydrogen-bond donors (Lipinski definition) is 2. The largest absolute Gasteiger partial charge is 0.454 e. The molecule has 106 valence electrons. The van der Waals surface area contributed by atoms with Crippen LogP contribution in [-0.2, 0) is 6.54 Å². The molecular formula is C14H16N2O4. The summed E-state index contributed by atoms with van der Waals surface area (Å²) in [6, 6.07) is 8.12. The zero-order chi connectivity index (χ0) is 14.4. The molecule has 0 radical (unpaired) electrons. The highest BCUT2D eigenvalue weighted by molar-refractivity contribution is 5.91. The Bertz CT molecular complexity index is 630. The molecule has 0 bridgehead atoms. The number of aliphatic hydroxyl groups excluding tert-OH is 1. The van der Waals surface area contributed by atoms with Gasteiger partial charge in [-0.25, -0.2) is 0 Å². The van der Waals surface area contributed by atoms with E-state index in [1.54, 1.807) is 30.5 Å². The summed E-state index contributed by atoms with van der Waals surface area (Å²) in [5, 5.41) is 11.3. The number of nitrogens with zero attached hydrogens (tertiary/aromatic N) is 1. The van der Waals surface area contributed by atoms with Crippen molar-refractivity contribution < 1.29 is 14.3 Å². The quantitative estimate of drug-likeness (QED) is 0.757. The molecule has 20 heavy (non-hydrogen) atoms. The predicted octanol–water partition coefficient (Wildman–Crippen LogP) is 0.602. The van der Waals surface area contributed by atoms with Gasteiger partial charge in [-0.2, -0.15) is 0 Å². The van der Waals surface area contributed by atoms with Crippen molar-refractivity contribution in [1.82, 2.24) is 9.88 Å². The highest BCUT2D eigenvalue weighted by Gasteiger charge is 2.10. The Hall–Kier alpha value is -2.34. The second-order valence-corrected chi connectivity index (χ2v) is 4.27. The Balaban J connectivity index is 2.00. The van der Waals surface area contributed by atoms with Gasteiger partial charge in [-0.1, -0.05) is 6.07 Å². The second kappa shape index (κ2) is 6.72. The zero-order valence-corrected chi connectivity index (χ0v) is 10.9. The lowest BCUT2D eigenvalue weighted by molar-refractivity contribution is 0.0921. The van der Waals surface area contributed by atoms with E-state index in [1.165, 1.54) is 10.6 Å². The lowest BCUT2D eigenvalue weighted by atomic mass is 10.3. The van der Waals surface area contributed by atoms with E-state index in [9.17, 15) is 9.59 Å². The summed E-state index contributed by atoms with van der Waals surface area (Å²) in [7, 11) is 0. The number of furan rings is 1. The van der Waals surface area contributed by atoms with Gasteiger partial charge in [-0.3, -0.25) is 9.59 Å². The average molecular weight is 276 g/mol. The van der Waals surface area contributed by atoms with E-state index in [0.29, 0.717) is 18.7 Å². The number of hydrogen-bond acceptors (Lipinski definition) is 4. The number of carbonyl (C=O) groups is 1. The molecule has 0 aliphatic rings. The minimum Gasteiger partial charge on any atom is -0.454 e. The Morgan fingerprint density at radius 3 is 2.90 bits per heavy atom. The first kappa shape index (κ1) is 14.1. The van der Waals surface area contributed by atoms with E-state index >= 15 is 0 Å². The maximum Gasteiger partial charge on any atom is 0.286 e. The Labute approximate surface area is 115 Å². The molecule has 6 nitrogen and oxygen atoms in total. The maximum absolute atomic E-state index is 11.7. The van der Waals surface area contributed by atoms with Crippen LogP contribution >= 0.6 is 0 Å². The number of rotatable bonds is 6. The van der Waals surface area contributed by atoms with Crippen LogP contribution in [0.25, 0.3) is 0 Å². The standard InChI is InChI=1S/C14H16N2O4/c17-9-3-7-15-14(19)12-6-5-11(20-12)10-16-8-2-1-4-13(16)18/h1-2,4-6,8,17H,3,7,9-10H2,(H,15,19). The molecule has 0 spiro atoms. The Morgan fingerprint density at radius 1 is 1.30 bits per heavy atom. The summed E-state index contributed by atoms with van der Waals surface area (Å²) in [6.45, 7) is 0.702. The van der Waals surface area contributed by atoms with Crippen molar-refractivity contribution in [2.45, 2.75) is 13.0 Å². The third-order valence-electron chi connectivity index (χ3n) is 2.73. The normalized spacial score (nSPS) is 10.4. The molecule has 2 aromatic rings.